The van der Waals surface area contributed by atoms with Crippen molar-refractivity contribution in [2.24, 2.45) is 0 Å². The lowest BCUT2D eigenvalue weighted by molar-refractivity contribution is 0.336. The van der Waals surface area contributed by atoms with Crippen molar-refractivity contribution in [3.63, 3.8) is 0 Å². The molecule has 0 bridgehead atoms. The van der Waals surface area contributed by atoms with E-state index in [4.69, 9.17) is 5.73 Å². The number of hydrogen-bond acceptors (Lipinski definition) is 2. The predicted octanol–water partition coefficient (Wildman–Crippen LogP) is 4.17. The van der Waals surface area contributed by atoms with Gasteiger partial charge >= 0.3 is 0 Å². The van der Waals surface area contributed by atoms with Crippen molar-refractivity contribution >= 4 is 5.69 Å². The zero-order chi connectivity index (χ0) is 16.8. The SMILES string of the molecule is Nc1c(F)c(F)c(Oc2cc(F)c(F)c(F)c2F)c(F)c1F. The summed E-state index contributed by atoms with van der Waals surface area (Å²) in [4.78, 5) is 0. The Morgan fingerprint density at radius 1 is 0.636 bits per heavy atom. The molecule has 2 nitrogen and oxygen atoms in total. The summed E-state index contributed by atoms with van der Waals surface area (Å²) < 4.78 is 109. The van der Waals surface area contributed by atoms with E-state index in [1.54, 1.807) is 0 Å². The van der Waals surface area contributed by atoms with E-state index >= 15 is 0 Å². The van der Waals surface area contributed by atoms with Gasteiger partial charge in [-0.05, 0) is 0 Å². The Labute approximate surface area is 116 Å². The lowest BCUT2D eigenvalue weighted by Crippen LogP contribution is -2.07. The molecule has 0 heterocycles. The molecule has 2 rings (SSSR count). The van der Waals surface area contributed by atoms with E-state index in [0.29, 0.717) is 0 Å². The number of nitrogens with two attached hydrogens (primary N) is 1. The van der Waals surface area contributed by atoms with E-state index in [1.165, 1.54) is 0 Å². The molecule has 0 atom stereocenters. The van der Waals surface area contributed by atoms with Crippen LogP contribution in [0.3, 0.4) is 0 Å². The summed E-state index contributed by atoms with van der Waals surface area (Å²) in [5.41, 5.74) is 3.20. The highest BCUT2D eigenvalue weighted by molar-refractivity contribution is 5.48. The number of nitrogen functional groups attached to an aromatic ring is 1. The van der Waals surface area contributed by atoms with Crippen molar-refractivity contribution in [3.8, 4) is 11.5 Å². The number of ether oxygens (including phenoxy) is 1. The van der Waals surface area contributed by atoms with Crippen molar-refractivity contribution in [3.05, 3.63) is 52.6 Å². The molecular formula is C12H3F8NO. The van der Waals surface area contributed by atoms with Crippen molar-refractivity contribution in [2.45, 2.75) is 0 Å². The summed E-state index contributed by atoms with van der Waals surface area (Å²) in [5, 5.41) is 0. The topological polar surface area (TPSA) is 35.2 Å². The van der Waals surface area contributed by atoms with Gasteiger partial charge in [0.25, 0.3) is 0 Å². The largest absolute Gasteiger partial charge is 0.448 e. The van der Waals surface area contributed by atoms with Crippen LogP contribution in [0, 0.1) is 46.5 Å². The second kappa shape index (κ2) is 5.35. The lowest BCUT2D eigenvalue weighted by Gasteiger charge is -2.12. The van der Waals surface area contributed by atoms with Gasteiger partial charge in [-0.1, -0.05) is 0 Å². The molecule has 0 saturated heterocycles. The third-order valence-electron chi connectivity index (χ3n) is 2.54. The Balaban J connectivity index is 2.63. The van der Waals surface area contributed by atoms with Crippen molar-refractivity contribution < 1.29 is 39.9 Å². The highest BCUT2D eigenvalue weighted by atomic mass is 19.2. The van der Waals surface area contributed by atoms with E-state index in [0.717, 1.165) is 0 Å². The Bertz CT molecular complexity index is 748. The van der Waals surface area contributed by atoms with Crippen LogP contribution in [0.4, 0.5) is 40.8 Å². The fraction of sp³-hybridized carbons (Fsp3) is 0. The molecule has 118 valence electrons. The molecule has 0 aliphatic rings. The van der Waals surface area contributed by atoms with Gasteiger partial charge in [0.2, 0.25) is 29.0 Å². The Morgan fingerprint density at radius 2 is 1.14 bits per heavy atom. The van der Waals surface area contributed by atoms with Gasteiger partial charge in [-0.25, -0.2) is 22.0 Å². The molecular weight excluding hydrogens is 326 g/mol. The zero-order valence-electron chi connectivity index (χ0n) is 10.1. The second-order valence-electron chi connectivity index (χ2n) is 3.90. The van der Waals surface area contributed by atoms with E-state index < -0.39 is 63.7 Å². The van der Waals surface area contributed by atoms with E-state index in [2.05, 4.69) is 4.74 Å². The van der Waals surface area contributed by atoms with Gasteiger partial charge in [0.1, 0.15) is 5.69 Å². The van der Waals surface area contributed by atoms with Gasteiger partial charge in [-0.2, -0.15) is 13.2 Å². The molecule has 2 N–H and O–H groups in total. The first-order chi connectivity index (χ1) is 10.2. The molecule has 2 aromatic rings. The Morgan fingerprint density at radius 3 is 1.64 bits per heavy atom. The van der Waals surface area contributed by atoms with Crippen LogP contribution in [0.1, 0.15) is 0 Å². The maximum Gasteiger partial charge on any atom is 0.206 e. The van der Waals surface area contributed by atoms with Gasteiger partial charge in [-0.3, -0.25) is 0 Å². The van der Waals surface area contributed by atoms with E-state index in [9.17, 15) is 35.1 Å². The average Bonchev–Trinajstić information content (AvgIpc) is 2.50. The van der Waals surface area contributed by atoms with E-state index in [1.807, 2.05) is 0 Å². The molecule has 2 aromatic carbocycles. The van der Waals surface area contributed by atoms with Crippen LogP contribution in [0.15, 0.2) is 6.07 Å². The highest BCUT2D eigenvalue weighted by Crippen LogP contribution is 2.36. The van der Waals surface area contributed by atoms with Gasteiger partial charge in [0.05, 0.1) is 0 Å². The van der Waals surface area contributed by atoms with Crippen molar-refractivity contribution in [1.82, 2.24) is 0 Å². The summed E-state index contributed by atoms with van der Waals surface area (Å²) in [6.07, 6.45) is 0. The van der Waals surface area contributed by atoms with Crippen LogP contribution in [-0.4, -0.2) is 0 Å². The van der Waals surface area contributed by atoms with Crippen molar-refractivity contribution in [1.29, 1.82) is 0 Å². The monoisotopic (exact) mass is 329 g/mol. The zero-order valence-corrected chi connectivity index (χ0v) is 10.1. The first-order valence-corrected chi connectivity index (χ1v) is 5.29. The van der Waals surface area contributed by atoms with Gasteiger partial charge < -0.3 is 10.5 Å². The predicted molar refractivity (Wildman–Crippen MR) is 57.0 cm³/mol. The molecule has 0 unspecified atom stereocenters. The number of anilines is 1. The standard InChI is InChI=1S/C12H3F8NO/c13-2-1-3(5(15)6(16)4(2)14)22-12-9(19)7(17)11(21)8(18)10(12)20/h1H,21H2. The second-order valence-corrected chi connectivity index (χ2v) is 3.90. The smallest absolute Gasteiger partial charge is 0.206 e. The van der Waals surface area contributed by atoms with Crippen LogP contribution in [0.2, 0.25) is 0 Å². The summed E-state index contributed by atoms with van der Waals surface area (Å²) in [6, 6.07) is -0.0984. The lowest BCUT2D eigenvalue weighted by atomic mass is 10.2. The van der Waals surface area contributed by atoms with Crippen LogP contribution in [0.25, 0.3) is 0 Å². The highest BCUT2D eigenvalue weighted by Gasteiger charge is 2.28. The fourth-order valence-corrected chi connectivity index (χ4v) is 1.45. The normalized spacial score (nSPS) is 10.9. The number of rotatable bonds is 2. The van der Waals surface area contributed by atoms with Crippen LogP contribution >= 0.6 is 0 Å². The van der Waals surface area contributed by atoms with Crippen molar-refractivity contribution in [2.75, 3.05) is 5.73 Å². The minimum Gasteiger partial charge on any atom is -0.448 e. The molecule has 0 fully saturated rings. The van der Waals surface area contributed by atoms with Gasteiger partial charge in [-0.15, -0.1) is 0 Å². The number of benzene rings is 2. The Hall–Kier alpha value is -2.52. The van der Waals surface area contributed by atoms with E-state index in [-0.39, 0.29) is 6.07 Å². The molecule has 0 radical (unpaired) electrons. The molecule has 0 aliphatic heterocycles. The summed E-state index contributed by atoms with van der Waals surface area (Å²) in [6.45, 7) is 0. The van der Waals surface area contributed by atoms with Gasteiger partial charge in [0.15, 0.2) is 29.0 Å². The molecule has 10 heteroatoms. The quantitative estimate of drug-likeness (QED) is 0.388. The molecule has 0 aromatic heterocycles. The minimum atomic E-state index is -2.34. The third kappa shape index (κ3) is 2.30. The maximum atomic E-state index is 13.4. The number of hydrogen-bond donors (Lipinski definition) is 1. The first kappa shape index (κ1) is 15.9. The minimum absolute atomic E-state index is 0.0984. The molecule has 0 amide bonds. The van der Waals surface area contributed by atoms with Crippen LogP contribution < -0.4 is 10.5 Å². The third-order valence-corrected chi connectivity index (χ3v) is 2.54. The van der Waals surface area contributed by atoms with Gasteiger partial charge in [0, 0.05) is 6.07 Å². The summed E-state index contributed by atoms with van der Waals surface area (Å²) >= 11 is 0. The number of halogens is 8. The Kier molecular flexibility index (Phi) is 3.86. The van der Waals surface area contributed by atoms with Crippen LogP contribution in [0.5, 0.6) is 11.5 Å². The fourth-order valence-electron chi connectivity index (χ4n) is 1.45. The molecule has 0 saturated carbocycles. The molecule has 22 heavy (non-hydrogen) atoms. The first-order valence-electron chi connectivity index (χ1n) is 5.29. The molecule has 0 spiro atoms. The summed E-state index contributed by atoms with van der Waals surface area (Å²) in [7, 11) is 0. The maximum absolute atomic E-state index is 13.4. The van der Waals surface area contributed by atoms with Crippen LogP contribution in [-0.2, 0) is 0 Å². The average molecular weight is 329 g/mol. The molecule has 0 aliphatic carbocycles. The summed E-state index contributed by atoms with van der Waals surface area (Å²) in [5.74, 6) is -20.5.